The van der Waals surface area contributed by atoms with Crippen molar-refractivity contribution in [2.75, 3.05) is 13.1 Å². The highest BCUT2D eigenvalue weighted by atomic mass is 16.5. The zero-order valence-electron chi connectivity index (χ0n) is 18.6. The number of allylic oxidation sites excluding steroid dienone is 1. The summed E-state index contributed by atoms with van der Waals surface area (Å²) < 4.78 is 8.23. The number of rotatable bonds is 12. The highest BCUT2D eigenvalue weighted by Crippen LogP contribution is 2.31. The predicted octanol–water partition coefficient (Wildman–Crippen LogP) is 5.51. The van der Waals surface area contributed by atoms with Gasteiger partial charge in [0.15, 0.2) is 0 Å². The van der Waals surface area contributed by atoms with Gasteiger partial charge >= 0.3 is 0 Å². The van der Waals surface area contributed by atoms with Crippen molar-refractivity contribution in [3.63, 3.8) is 0 Å². The van der Waals surface area contributed by atoms with Gasteiger partial charge in [-0.3, -0.25) is 4.90 Å². The molecule has 31 heavy (non-hydrogen) atoms. The van der Waals surface area contributed by atoms with Gasteiger partial charge in [0.1, 0.15) is 5.75 Å². The number of aliphatic hydroxyl groups is 1. The monoisotopic (exact) mass is 419 g/mol. The largest absolute Gasteiger partial charge is 0.439 e. The van der Waals surface area contributed by atoms with Crippen LogP contribution in [0.3, 0.4) is 0 Å². The van der Waals surface area contributed by atoms with E-state index in [-0.39, 0.29) is 6.10 Å². The Morgan fingerprint density at radius 2 is 1.81 bits per heavy atom. The maximum atomic E-state index is 10.5. The number of hydrogen-bond acceptors (Lipinski definition) is 4. The van der Waals surface area contributed by atoms with E-state index in [0.717, 1.165) is 54.4 Å². The maximum Gasteiger partial charge on any atom is 0.227 e. The van der Waals surface area contributed by atoms with Crippen molar-refractivity contribution < 1.29 is 9.84 Å². The lowest BCUT2D eigenvalue weighted by molar-refractivity contribution is 0.102. The molecule has 1 heterocycles. The molecule has 0 fully saturated rings. The molecular formula is C26H33N3O2. The zero-order chi connectivity index (χ0) is 22.1. The van der Waals surface area contributed by atoms with Gasteiger partial charge in [0.05, 0.1) is 23.0 Å². The van der Waals surface area contributed by atoms with Gasteiger partial charge in [0.2, 0.25) is 5.88 Å². The van der Waals surface area contributed by atoms with Crippen LogP contribution in [0.25, 0.3) is 5.69 Å². The van der Waals surface area contributed by atoms with E-state index < -0.39 is 0 Å². The fourth-order valence-electron chi connectivity index (χ4n) is 3.64. The average Bonchev–Trinajstić information content (AvgIpc) is 3.09. The topological polar surface area (TPSA) is 50.5 Å². The zero-order valence-corrected chi connectivity index (χ0v) is 18.6. The molecule has 1 aromatic heterocycles. The van der Waals surface area contributed by atoms with E-state index in [0.29, 0.717) is 13.1 Å². The van der Waals surface area contributed by atoms with Crippen LogP contribution < -0.4 is 4.74 Å². The molecule has 3 rings (SSSR count). The Bertz CT molecular complexity index is 938. The molecule has 0 aliphatic rings. The summed E-state index contributed by atoms with van der Waals surface area (Å²) in [7, 11) is 0. The van der Waals surface area contributed by atoms with Crippen LogP contribution in [0.15, 0.2) is 73.3 Å². The number of hydrogen-bond donors (Lipinski definition) is 1. The molecular weight excluding hydrogens is 386 g/mol. The Labute approximate surface area is 185 Å². The van der Waals surface area contributed by atoms with Gasteiger partial charge in [-0.15, -0.1) is 6.58 Å². The lowest BCUT2D eigenvalue weighted by Crippen LogP contribution is -2.33. The Morgan fingerprint density at radius 1 is 1.13 bits per heavy atom. The van der Waals surface area contributed by atoms with Crippen LogP contribution in [0.1, 0.15) is 37.4 Å². The van der Waals surface area contributed by atoms with Gasteiger partial charge in [-0.1, -0.05) is 49.4 Å². The van der Waals surface area contributed by atoms with Gasteiger partial charge < -0.3 is 9.84 Å². The van der Waals surface area contributed by atoms with Gasteiger partial charge in [0.25, 0.3) is 0 Å². The first-order chi connectivity index (χ1) is 15.1. The lowest BCUT2D eigenvalue weighted by Gasteiger charge is -2.25. The van der Waals surface area contributed by atoms with Crippen LogP contribution in [0.4, 0.5) is 0 Å². The molecule has 1 N–H and O–H groups in total. The van der Waals surface area contributed by atoms with Crippen molar-refractivity contribution in [2.24, 2.45) is 0 Å². The number of nitrogens with zero attached hydrogens (tertiary/aromatic N) is 3. The molecule has 0 bridgehead atoms. The van der Waals surface area contributed by atoms with E-state index in [1.165, 1.54) is 0 Å². The van der Waals surface area contributed by atoms with Crippen LogP contribution in [-0.2, 0) is 6.54 Å². The minimum absolute atomic E-state index is 0.382. The molecule has 0 amide bonds. The van der Waals surface area contributed by atoms with Crippen molar-refractivity contribution in [1.82, 2.24) is 14.7 Å². The van der Waals surface area contributed by atoms with Crippen molar-refractivity contribution in [1.29, 1.82) is 0 Å². The number of ether oxygens (including phenoxy) is 1. The van der Waals surface area contributed by atoms with E-state index >= 15 is 0 Å². The summed E-state index contributed by atoms with van der Waals surface area (Å²) in [6.07, 6.45) is 4.02. The number of benzene rings is 2. The SMILES string of the molecule is C=CCC[C@@H](O)CN(CCC)Cc1c(C)nn(-c2ccccc2)c1Oc1ccccc1. The lowest BCUT2D eigenvalue weighted by atomic mass is 10.1. The number of aliphatic hydroxyl groups excluding tert-OH is 1. The summed E-state index contributed by atoms with van der Waals surface area (Å²) in [6.45, 7) is 10.1. The highest BCUT2D eigenvalue weighted by Gasteiger charge is 2.22. The normalized spacial score (nSPS) is 12.1. The molecule has 0 aliphatic heterocycles. The fourth-order valence-corrected chi connectivity index (χ4v) is 3.64. The van der Waals surface area contributed by atoms with E-state index in [1.54, 1.807) is 0 Å². The molecule has 5 heteroatoms. The van der Waals surface area contributed by atoms with Crippen LogP contribution in [0, 0.1) is 6.92 Å². The minimum atomic E-state index is -0.382. The van der Waals surface area contributed by atoms with Crippen molar-refractivity contribution in [2.45, 2.75) is 45.8 Å². The maximum absolute atomic E-state index is 10.5. The molecule has 0 radical (unpaired) electrons. The quantitative estimate of drug-likeness (QED) is 0.393. The second-order valence-corrected chi connectivity index (χ2v) is 7.79. The molecule has 1 atom stereocenters. The second-order valence-electron chi connectivity index (χ2n) is 7.79. The first-order valence-electron chi connectivity index (χ1n) is 11.0. The molecule has 164 valence electrons. The molecule has 3 aromatic rings. The van der Waals surface area contributed by atoms with Crippen molar-refractivity contribution in [3.8, 4) is 17.3 Å². The molecule has 0 unspecified atom stereocenters. The van der Waals surface area contributed by atoms with Gasteiger partial charge in [-0.25, -0.2) is 4.68 Å². The van der Waals surface area contributed by atoms with E-state index in [4.69, 9.17) is 9.84 Å². The summed E-state index contributed by atoms with van der Waals surface area (Å²) >= 11 is 0. The van der Waals surface area contributed by atoms with Crippen LogP contribution in [0.2, 0.25) is 0 Å². The number of aromatic nitrogens is 2. The molecule has 2 aromatic carbocycles. The van der Waals surface area contributed by atoms with Crippen molar-refractivity contribution in [3.05, 3.63) is 84.6 Å². The summed E-state index contributed by atoms with van der Waals surface area (Å²) in [5, 5.41) is 15.3. The molecule has 0 saturated heterocycles. The van der Waals surface area contributed by atoms with Crippen LogP contribution >= 0.6 is 0 Å². The molecule has 0 spiro atoms. The van der Waals surface area contributed by atoms with E-state index in [9.17, 15) is 5.11 Å². The number of aryl methyl sites for hydroxylation is 1. The molecule has 0 aliphatic carbocycles. The van der Waals surface area contributed by atoms with E-state index in [2.05, 4.69) is 18.4 Å². The Hall–Kier alpha value is -2.89. The standard InChI is InChI=1S/C26H33N3O2/c1-4-6-15-23(30)19-28(18-5-2)20-25-21(3)27-29(22-13-9-7-10-14-22)26(25)31-24-16-11-8-12-17-24/h4,7-14,16-17,23,30H,1,5-6,15,18-20H2,2-3H3/t23-/m1/s1. The van der Waals surface area contributed by atoms with E-state index in [1.807, 2.05) is 78.3 Å². The van der Waals surface area contributed by atoms with Gasteiger partial charge in [0, 0.05) is 13.1 Å². The molecule has 5 nitrogen and oxygen atoms in total. The number of para-hydroxylation sites is 2. The first-order valence-corrected chi connectivity index (χ1v) is 11.0. The smallest absolute Gasteiger partial charge is 0.227 e. The second kappa shape index (κ2) is 11.5. The third-order valence-electron chi connectivity index (χ3n) is 5.19. The van der Waals surface area contributed by atoms with Gasteiger partial charge in [-0.05, 0) is 57.0 Å². The summed E-state index contributed by atoms with van der Waals surface area (Å²) in [5.41, 5.74) is 2.92. The third kappa shape index (κ3) is 6.29. The Kier molecular flexibility index (Phi) is 8.44. The average molecular weight is 420 g/mol. The predicted molar refractivity (Wildman–Crippen MR) is 126 cm³/mol. The van der Waals surface area contributed by atoms with Crippen LogP contribution in [-0.4, -0.2) is 39.0 Å². The molecule has 0 saturated carbocycles. The Morgan fingerprint density at radius 3 is 2.45 bits per heavy atom. The van der Waals surface area contributed by atoms with Crippen molar-refractivity contribution >= 4 is 0 Å². The summed E-state index contributed by atoms with van der Waals surface area (Å²) in [4.78, 5) is 2.28. The Balaban J connectivity index is 1.93. The van der Waals surface area contributed by atoms with Gasteiger partial charge in [-0.2, -0.15) is 5.10 Å². The highest BCUT2D eigenvalue weighted by molar-refractivity contribution is 5.43. The summed E-state index contributed by atoms with van der Waals surface area (Å²) in [6, 6.07) is 19.8. The summed E-state index contributed by atoms with van der Waals surface area (Å²) in [5.74, 6) is 1.49. The third-order valence-corrected chi connectivity index (χ3v) is 5.19. The fraction of sp³-hybridized carbons (Fsp3) is 0.346. The van der Waals surface area contributed by atoms with Crippen LogP contribution in [0.5, 0.6) is 11.6 Å². The first kappa shape index (κ1) is 22.8. The minimum Gasteiger partial charge on any atom is -0.439 e.